The first-order valence-corrected chi connectivity index (χ1v) is 4.95. The lowest BCUT2D eigenvalue weighted by atomic mass is 9.94. The minimum Gasteiger partial charge on any atom is -0.383 e. The Bertz CT molecular complexity index is 263. The zero-order chi connectivity index (χ0) is 10.2. The molecule has 0 aromatic carbocycles. The van der Waals surface area contributed by atoms with Gasteiger partial charge in [0.15, 0.2) is 0 Å². The lowest BCUT2D eigenvalue weighted by molar-refractivity contribution is 0.0656. The number of ether oxygens (including phenoxy) is 1. The van der Waals surface area contributed by atoms with Gasteiger partial charge in [-0.3, -0.25) is 4.90 Å². The Morgan fingerprint density at radius 1 is 1.57 bits per heavy atom. The Morgan fingerprint density at radius 3 is 3.00 bits per heavy atom. The minimum atomic E-state index is -1.49. The molecule has 0 spiro atoms. The van der Waals surface area contributed by atoms with E-state index in [0.717, 1.165) is 19.4 Å². The highest BCUT2D eigenvalue weighted by molar-refractivity contribution is 5.21. The van der Waals surface area contributed by atoms with Crippen molar-refractivity contribution in [3.05, 3.63) is 11.7 Å². The summed E-state index contributed by atoms with van der Waals surface area (Å²) in [5, 5.41) is 0. The van der Waals surface area contributed by atoms with E-state index in [4.69, 9.17) is 4.74 Å². The van der Waals surface area contributed by atoms with Gasteiger partial charge in [-0.15, -0.1) is 0 Å². The molecule has 0 amide bonds. The topological polar surface area (TPSA) is 12.5 Å². The van der Waals surface area contributed by atoms with Crippen LogP contribution in [0.4, 0.5) is 8.78 Å². The fourth-order valence-corrected chi connectivity index (χ4v) is 2.73. The van der Waals surface area contributed by atoms with E-state index >= 15 is 0 Å². The molecular formula is C10H15F2NO. The molecule has 0 bridgehead atoms. The van der Waals surface area contributed by atoms with Crippen LogP contribution in [0.1, 0.15) is 19.3 Å². The fourth-order valence-electron chi connectivity index (χ4n) is 2.73. The molecule has 1 atom stereocenters. The number of hydrogen-bond acceptors (Lipinski definition) is 2. The monoisotopic (exact) mass is 203 g/mol. The third-order valence-corrected chi connectivity index (χ3v) is 3.35. The van der Waals surface area contributed by atoms with Gasteiger partial charge in [-0.05, 0) is 25.8 Å². The summed E-state index contributed by atoms with van der Waals surface area (Å²) in [6, 6.07) is 0. The standard InChI is InChI=1S/C10H15F2NO/c1-14-7-10-3-2-4-13(10)6-8(5-10)9(11)12/h2-7H2,1H3. The Labute approximate surface area is 82.5 Å². The SMILES string of the molecule is COCC12CCCN1CC(=C(F)F)C2. The van der Waals surface area contributed by atoms with Crippen LogP contribution in [0.15, 0.2) is 11.7 Å². The van der Waals surface area contributed by atoms with Crippen molar-refractivity contribution in [3.63, 3.8) is 0 Å². The highest BCUT2D eigenvalue weighted by Crippen LogP contribution is 2.42. The zero-order valence-corrected chi connectivity index (χ0v) is 8.35. The van der Waals surface area contributed by atoms with E-state index in [0.29, 0.717) is 25.1 Å². The van der Waals surface area contributed by atoms with E-state index in [9.17, 15) is 8.78 Å². The molecule has 0 saturated carbocycles. The van der Waals surface area contributed by atoms with Crippen molar-refractivity contribution in [2.24, 2.45) is 0 Å². The Hall–Kier alpha value is -0.480. The number of hydrogen-bond donors (Lipinski definition) is 0. The normalized spacial score (nSPS) is 32.4. The molecule has 14 heavy (non-hydrogen) atoms. The molecule has 2 saturated heterocycles. The molecule has 2 fully saturated rings. The van der Waals surface area contributed by atoms with Gasteiger partial charge in [0.1, 0.15) is 0 Å². The van der Waals surface area contributed by atoms with Gasteiger partial charge in [0.25, 0.3) is 6.08 Å². The van der Waals surface area contributed by atoms with Crippen molar-refractivity contribution in [3.8, 4) is 0 Å². The lowest BCUT2D eigenvalue weighted by Gasteiger charge is -2.30. The minimum absolute atomic E-state index is 0.118. The van der Waals surface area contributed by atoms with E-state index in [-0.39, 0.29) is 5.54 Å². The van der Waals surface area contributed by atoms with Gasteiger partial charge in [0, 0.05) is 24.8 Å². The highest BCUT2D eigenvalue weighted by atomic mass is 19.3. The summed E-state index contributed by atoms with van der Waals surface area (Å²) in [6.07, 6.45) is 1.08. The van der Waals surface area contributed by atoms with Crippen LogP contribution in [0, 0.1) is 0 Å². The molecule has 2 aliphatic heterocycles. The molecule has 2 aliphatic rings. The Kier molecular flexibility index (Phi) is 2.58. The maximum Gasteiger partial charge on any atom is 0.270 e. The van der Waals surface area contributed by atoms with Crippen LogP contribution in [0.5, 0.6) is 0 Å². The van der Waals surface area contributed by atoms with Crippen molar-refractivity contribution in [2.45, 2.75) is 24.8 Å². The van der Waals surface area contributed by atoms with Crippen molar-refractivity contribution < 1.29 is 13.5 Å². The van der Waals surface area contributed by atoms with Crippen molar-refractivity contribution in [1.29, 1.82) is 0 Å². The van der Waals surface area contributed by atoms with Crippen LogP contribution in [0.3, 0.4) is 0 Å². The summed E-state index contributed by atoms with van der Waals surface area (Å²) in [7, 11) is 1.64. The molecule has 0 radical (unpaired) electrons. The third kappa shape index (κ3) is 1.46. The fraction of sp³-hybridized carbons (Fsp3) is 0.800. The van der Waals surface area contributed by atoms with E-state index < -0.39 is 6.08 Å². The second kappa shape index (κ2) is 3.59. The summed E-state index contributed by atoms with van der Waals surface area (Å²) < 4.78 is 30.1. The smallest absolute Gasteiger partial charge is 0.270 e. The summed E-state index contributed by atoms with van der Waals surface area (Å²) in [4.78, 5) is 2.14. The van der Waals surface area contributed by atoms with E-state index in [1.54, 1.807) is 7.11 Å². The van der Waals surface area contributed by atoms with Gasteiger partial charge in [-0.1, -0.05) is 0 Å². The van der Waals surface area contributed by atoms with E-state index in [1.807, 2.05) is 0 Å². The van der Waals surface area contributed by atoms with Crippen LogP contribution in [-0.2, 0) is 4.74 Å². The third-order valence-electron chi connectivity index (χ3n) is 3.35. The molecule has 2 nitrogen and oxygen atoms in total. The van der Waals surface area contributed by atoms with Gasteiger partial charge >= 0.3 is 0 Å². The maximum absolute atomic E-state index is 12.5. The first kappa shape index (κ1) is 10.1. The van der Waals surface area contributed by atoms with Crippen molar-refractivity contribution in [2.75, 3.05) is 26.8 Å². The number of fused-ring (bicyclic) bond motifs is 1. The Morgan fingerprint density at radius 2 is 2.36 bits per heavy atom. The molecule has 0 aliphatic carbocycles. The average Bonchev–Trinajstić information content (AvgIpc) is 2.60. The van der Waals surface area contributed by atoms with Crippen LogP contribution in [0.25, 0.3) is 0 Å². The average molecular weight is 203 g/mol. The van der Waals surface area contributed by atoms with Gasteiger partial charge in [-0.2, -0.15) is 8.78 Å². The molecule has 80 valence electrons. The second-order valence-corrected chi connectivity index (χ2v) is 4.22. The summed E-state index contributed by atoms with van der Waals surface area (Å²) in [6.45, 7) is 1.94. The van der Waals surface area contributed by atoms with Gasteiger partial charge in [0.05, 0.1) is 6.61 Å². The van der Waals surface area contributed by atoms with Gasteiger partial charge in [0.2, 0.25) is 0 Å². The maximum atomic E-state index is 12.5. The second-order valence-electron chi connectivity index (χ2n) is 4.22. The molecular weight excluding hydrogens is 188 g/mol. The predicted octanol–water partition coefficient (Wildman–Crippen LogP) is 2.02. The quantitative estimate of drug-likeness (QED) is 0.680. The van der Waals surface area contributed by atoms with E-state index in [1.165, 1.54) is 0 Å². The summed E-state index contributed by atoms with van der Waals surface area (Å²) >= 11 is 0. The van der Waals surface area contributed by atoms with Gasteiger partial charge in [-0.25, -0.2) is 0 Å². The highest BCUT2D eigenvalue weighted by Gasteiger charge is 2.47. The zero-order valence-electron chi connectivity index (χ0n) is 8.35. The number of nitrogens with zero attached hydrogens (tertiary/aromatic N) is 1. The van der Waals surface area contributed by atoms with Gasteiger partial charge < -0.3 is 4.74 Å². The van der Waals surface area contributed by atoms with Crippen molar-refractivity contribution >= 4 is 0 Å². The molecule has 0 aromatic heterocycles. The first-order chi connectivity index (χ1) is 6.68. The molecule has 1 unspecified atom stereocenters. The largest absolute Gasteiger partial charge is 0.383 e. The Balaban J connectivity index is 2.19. The predicted molar refractivity (Wildman–Crippen MR) is 49.3 cm³/mol. The molecule has 0 N–H and O–H groups in total. The molecule has 0 aromatic rings. The number of methoxy groups -OCH3 is 1. The lowest BCUT2D eigenvalue weighted by Crippen LogP contribution is -2.42. The molecule has 2 heterocycles. The number of rotatable bonds is 2. The summed E-state index contributed by atoms with van der Waals surface area (Å²) in [5.74, 6) is 0. The van der Waals surface area contributed by atoms with Crippen molar-refractivity contribution in [1.82, 2.24) is 4.90 Å². The summed E-state index contributed by atoms with van der Waals surface area (Å²) in [5.41, 5.74) is 0.190. The molecule has 2 rings (SSSR count). The van der Waals surface area contributed by atoms with Crippen LogP contribution < -0.4 is 0 Å². The van der Waals surface area contributed by atoms with Crippen LogP contribution >= 0.6 is 0 Å². The van der Waals surface area contributed by atoms with Crippen LogP contribution in [-0.4, -0.2) is 37.2 Å². The van der Waals surface area contributed by atoms with Crippen LogP contribution in [0.2, 0.25) is 0 Å². The molecule has 4 heteroatoms. The first-order valence-electron chi connectivity index (χ1n) is 4.95. The number of halogens is 2. The van der Waals surface area contributed by atoms with E-state index in [2.05, 4.69) is 4.90 Å².